The number of anilines is 2. The number of nitrogen functional groups attached to an aromatic ring is 1. The van der Waals surface area contributed by atoms with E-state index in [-0.39, 0.29) is 5.91 Å². The quantitative estimate of drug-likeness (QED) is 0.811. The summed E-state index contributed by atoms with van der Waals surface area (Å²) in [5, 5.41) is 3.42. The first-order valence-electron chi connectivity index (χ1n) is 7.00. The third-order valence-corrected chi connectivity index (χ3v) is 4.03. The summed E-state index contributed by atoms with van der Waals surface area (Å²) in [4.78, 5) is 11.9. The number of carbonyl (C=O) groups is 1. The second-order valence-electron chi connectivity index (χ2n) is 5.32. The molecular weight excluding hydrogens is 260 g/mol. The van der Waals surface area contributed by atoms with Crippen LogP contribution in [0.2, 0.25) is 5.02 Å². The molecule has 0 bridgehead atoms. The zero-order chi connectivity index (χ0) is 13.7. The van der Waals surface area contributed by atoms with Gasteiger partial charge in [-0.25, -0.2) is 0 Å². The number of benzene rings is 1. The van der Waals surface area contributed by atoms with Gasteiger partial charge in [-0.15, -0.1) is 0 Å². The average Bonchev–Trinajstić information content (AvgIpc) is 2.42. The summed E-state index contributed by atoms with van der Waals surface area (Å²) in [6.45, 7) is 0. The second-order valence-corrected chi connectivity index (χ2v) is 5.76. The van der Waals surface area contributed by atoms with Gasteiger partial charge >= 0.3 is 0 Å². The highest BCUT2D eigenvalue weighted by molar-refractivity contribution is 6.31. The van der Waals surface area contributed by atoms with Crippen LogP contribution in [0.5, 0.6) is 0 Å². The van der Waals surface area contributed by atoms with Crippen LogP contribution in [0.15, 0.2) is 18.2 Å². The number of hydrogen-bond donors (Lipinski definition) is 2. The molecule has 0 spiro atoms. The fourth-order valence-electron chi connectivity index (χ4n) is 2.66. The van der Waals surface area contributed by atoms with Crippen molar-refractivity contribution in [3.63, 3.8) is 0 Å². The molecule has 0 atom stereocenters. The monoisotopic (exact) mass is 280 g/mol. The Labute approximate surface area is 119 Å². The molecular formula is C15H21ClN2O. The van der Waals surface area contributed by atoms with Crippen LogP contribution in [0.1, 0.15) is 44.9 Å². The fourth-order valence-corrected chi connectivity index (χ4v) is 2.83. The molecule has 1 aromatic carbocycles. The summed E-state index contributed by atoms with van der Waals surface area (Å²) >= 11 is 5.89. The topological polar surface area (TPSA) is 55.1 Å². The second kappa shape index (κ2) is 6.80. The highest BCUT2D eigenvalue weighted by Gasteiger charge is 2.15. The van der Waals surface area contributed by atoms with Gasteiger partial charge < -0.3 is 11.1 Å². The van der Waals surface area contributed by atoms with Crippen molar-refractivity contribution in [3.8, 4) is 0 Å². The molecule has 0 saturated heterocycles. The Morgan fingerprint density at radius 2 is 2.05 bits per heavy atom. The van der Waals surface area contributed by atoms with E-state index < -0.39 is 0 Å². The Bertz CT molecular complexity index is 442. The number of amides is 1. The summed E-state index contributed by atoms with van der Waals surface area (Å²) in [6, 6.07) is 5.11. The first-order valence-corrected chi connectivity index (χ1v) is 7.38. The number of rotatable bonds is 4. The molecule has 4 heteroatoms. The van der Waals surface area contributed by atoms with Crippen molar-refractivity contribution in [3.05, 3.63) is 23.2 Å². The molecule has 0 aromatic heterocycles. The zero-order valence-corrected chi connectivity index (χ0v) is 11.9. The van der Waals surface area contributed by atoms with E-state index in [1.807, 2.05) is 0 Å². The van der Waals surface area contributed by atoms with Gasteiger partial charge in [-0.05, 0) is 30.5 Å². The van der Waals surface area contributed by atoms with Gasteiger partial charge in [0.1, 0.15) is 0 Å². The minimum absolute atomic E-state index is 0.0274. The molecule has 1 aliphatic rings. The molecule has 0 aliphatic heterocycles. The van der Waals surface area contributed by atoms with E-state index in [1.165, 1.54) is 32.1 Å². The van der Waals surface area contributed by atoms with Crippen LogP contribution in [0.4, 0.5) is 11.4 Å². The van der Waals surface area contributed by atoms with Crippen molar-refractivity contribution < 1.29 is 4.79 Å². The third kappa shape index (κ3) is 4.43. The average molecular weight is 281 g/mol. The lowest BCUT2D eigenvalue weighted by molar-refractivity contribution is -0.116. The molecule has 3 nitrogen and oxygen atoms in total. The van der Waals surface area contributed by atoms with Gasteiger partial charge in [-0.3, -0.25) is 4.79 Å². The van der Waals surface area contributed by atoms with Crippen LogP contribution < -0.4 is 11.1 Å². The van der Waals surface area contributed by atoms with Crippen LogP contribution >= 0.6 is 11.6 Å². The van der Waals surface area contributed by atoms with Crippen molar-refractivity contribution in [2.75, 3.05) is 11.1 Å². The van der Waals surface area contributed by atoms with E-state index in [0.29, 0.717) is 22.8 Å². The molecule has 2 rings (SSSR count). The molecule has 1 fully saturated rings. The lowest BCUT2D eigenvalue weighted by atomic mass is 9.86. The van der Waals surface area contributed by atoms with Crippen molar-refractivity contribution in [2.24, 2.45) is 5.92 Å². The number of carbonyl (C=O) groups excluding carboxylic acids is 1. The Kier molecular flexibility index (Phi) is 5.08. The van der Waals surface area contributed by atoms with Gasteiger partial charge in [0.2, 0.25) is 5.91 Å². The minimum atomic E-state index is 0.0274. The molecule has 1 saturated carbocycles. The largest absolute Gasteiger partial charge is 0.397 e. The number of hydrogen-bond acceptors (Lipinski definition) is 2. The summed E-state index contributed by atoms with van der Waals surface area (Å²) in [5.74, 6) is 0.746. The predicted octanol–water partition coefficient (Wildman–Crippen LogP) is 4.22. The van der Waals surface area contributed by atoms with Crippen LogP contribution in [0.3, 0.4) is 0 Å². The maximum absolute atomic E-state index is 11.9. The molecule has 0 unspecified atom stereocenters. The van der Waals surface area contributed by atoms with Crippen LogP contribution in [0, 0.1) is 5.92 Å². The van der Waals surface area contributed by atoms with Crippen LogP contribution in [-0.2, 0) is 4.79 Å². The van der Waals surface area contributed by atoms with Crippen LogP contribution in [0.25, 0.3) is 0 Å². The minimum Gasteiger partial charge on any atom is -0.397 e. The van der Waals surface area contributed by atoms with Crippen LogP contribution in [-0.4, -0.2) is 5.91 Å². The first-order chi connectivity index (χ1) is 9.15. The summed E-state index contributed by atoms with van der Waals surface area (Å²) in [5.41, 5.74) is 6.97. The normalized spacial score (nSPS) is 16.3. The zero-order valence-electron chi connectivity index (χ0n) is 11.1. The molecule has 1 aliphatic carbocycles. The fraction of sp³-hybridized carbons (Fsp3) is 0.533. The molecule has 1 amide bonds. The van der Waals surface area contributed by atoms with Crippen molar-refractivity contribution >= 4 is 28.9 Å². The highest BCUT2D eigenvalue weighted by Crippen LogP contribution is 2.28. The number of nitrogens with two attached hydrogens (primary N) is 1. The third-order valence-electron chi connectivity index (χ3n) is 3.79. The summed E-state index contributed by atoms with van der Waals surface area (Å²) in [6.07, 6.45) is 8.06. The van der Waals surface area contributed by atoms with E-state index >= 15 is 0 Å². The first kappa shape index (κ1) is 14.2. The van der Waals surface area contributed by atoms with Gasteiger partial charge in [0.15, 0.2) is 0 Å². The SMILES string of the molecule is Nc1ccc(Cl)cc1NC(=O)CCC1CCCCC1. The Hall–Kier alpha value is -1.22. The van der Waals surface area contributed by atoms with E-state index in [9.17, 15) is 4.79 Å². The standard InChI is InChI=1S/C15H21ClN2O/c16-12-7-8-13(17)14(10-12)18-15(19)9-6-11-4-2-1-3-5-11/h7-8,10-11H,1-6,9,17H2,(H,18,19). The molecule has 1 aromatic rings. The summed E-state index contributed by atoms with van der Waals surface area (Å²) in [7, 11) is 0. The van der Waals surface area contributed by atoms with Crippen molar-refractivity contribution in [1.82, 2.24) is 0 Å². The Morgan fingerprint density at radius 3 is 2.79 bits per heavy atom. The lowest BCUT2D eigenvalue weighted by Gasteiger charge is -2.21. The maximum atomic E-state index is 11.9. The number of halogens is 1. The molecule has 0 heterocycles. The van der Waals surface area contributed by atoms with E-state index in [2.05, 4.69) is 5.32 Å². The highest BCUT2D eigenvalue weighted by atomic mass is 35.5. The smallest absolute Gasteiger partial charge is 0.224 e. The molecule has 104 valence electrons. The van der Waals surface area contributed by atoms with Gasteiger partial charge in [0.25, 0.3) is 0 Å². The van der Waals surface area contributed by atoms with Crippen molar-refractivity contribution in [1.29, 1.82) is 0 Å². The van der Waals surface area contributed by atoms with Gasteiger partial charge in [0, 0.05) is 11.4 Å². The van der Waals surface area contributed by atoms with Gasteiger partial charge in [-0.2, -0.15) is 0 Å². The van der Waals surface area contributed by atoms with Crippen molar-refractivity contribution in [2.45, 2.75) is 44.9 Å². The predicted molar refractivity (Wildman–Crippen MR) is 80.3 cm³/mol. The Morgan fingerprint density at radius 1 is 1.32 bits per heavy atom. The maximum Gasteiger partial charge on any atom is 0.224 e. The van der Waals surface area contributed by atoms with E-state index in [4.69, 9.17) is 17.3 Å². The lowest BCUT2D eigenvalue weighted by Crippen LogP contribution is -2.15. The molecule has 3 N–H and O–H groups in total. The molecule has 19 heavy (non-hydrogen) atoms. The van der Waals surface area contributed by atoms with E-state index in [0.717, 1.165) is 12.3 Å². The van der Waals surface area contributed by atoms with Gasteiger partial charge in [0.05, 0.1) is 11.4 Å². The number of nitrogens with one attached hydrogen (secondary N) is 1. The Balaban J connectivity index is 1.81. The molecule has 0 radical (unpaired) electrons. The summed E-state index contributed by atoms with van der Waals surface area (Å²) < 4.78 is 0. The van der Waals surface area contributed by atoms with Gasteiger partial charge in [-0.1, -0.05) is 43.7 Å². The van der Waals surface area contributed by atoms with E-state index in [1.54, 1.807) is 18.2 Å².